The van der Waals surface area contributed by atoms with Crippen molar-refractivity contribution in [2.75, 3.05) is 0 Å². The van der Waals surface area contributed by atoms with E-state index in [0.29, 0.717) is 16.7 Å². The Labute approximate surface area is 127 Å². The third kappa shape index (κ3) is 2.55. The number of aliphatic hydroxyl groups excluding tert-OH is 1. The van der Waals surface area contributed by atoms with Gasteiger partial charge in [-0.2, -0.15) is 0 Å². The fraction of sp³-hybridized carbons (Fsp3) is 0.125. The third-order valence-corrected chi connectivity index (χ3v) is 3.72. The lowest BCUT2D eigenvalue weighted by Gasteiger charge is -2.10. The van der Waals surface area contributed by atoms with Crippen LogP contribution in [-0.4, -0.2) is 19.9 Å². The van der Waals surface area contributed by atoms with Crippen LogP contribution in [-0.2, 0) is 6.61 Å². The Balaban J connectivity index is 2.20. The molecule has 0 bridgehead atoms. The van der Waals surface area contributed by atoms with Crippen molar-refractivity contribution < 1.29 is 5.11 Å². The lowest BCUT2D eigenvalue weighted by Crippen LogP contribution is -2.03. The van der Waals surface area contributed by atoms with Crippen LogP contribution in [0.3, 0.4) is 0 Å². The number of rotatable bonds is 3. The SMILES string of the molecule is Cc1ccc(-c2nnc(CO)n2-c2ccccc2)cc1Cl. The summed E-state index contributed by atoms with van der Waals surface area (Å²) >= 11 is 6.20. The smallest absolute Gasteiger partial charge is 0.168 e. The standard InChI is InChI=1S/C16H14ClN3O/c1-11-7-8-12(9-14(11)17)16-19-18-15(10-21)20(16)13-5-3-2-4-6-13/h2-9,21H,10H2,1H3. The third-order valence-electron chi connectivity index (χ3n) is 3.32. The molecule has 1 N–H and O–H groups in total. The van der Waals surface area contributed by atoms with Crippen LogP contribution in [0.15, 0.2) is 48.5 Å². The van der Waals surface area contributed by atoms with Crippen molar-refractivity contribution >= 4 is 11.6 Å². The van der Waals surface area contributed by atoms with Crippen molar-refractivity contribution in [3.05, 3.63) is 64.9 Å². The minimum absolute atomic E-state index is 0.179. The van der Waals surface area contributed by atoms with E-state index >= 15 is 0 Å². The van der Waals surface area contributed by atoms with E-state index in [9.17, 15) is 5.11 Å². The van der Waals surface area contributed by atoms with Gasteiger partial charge in [0, 0.05) is 16.3 Å². The maximum absolute atomic E-state index is 9.49. The Morgan fingerprint density at radius 1 is 1.10 bits per heavy atom. The van der Waals surface area contributed by atoms with Gasteiger partial charge in [0.2, 0.25) is 0 Å². The van der Waals surface area contributed by atoms with Gasteiger partial charge in [0.25, 0.3) is 0 Å². The van der Waals surface area contributed by atoms with Crippen LogP contribution in [0.25, 0.3) is 17.1 Å². The number of nitrogens with zero attached hydrogens (tertiary/aromatic N) is 3. The minimum atomic E-state index is -0.179. The first kappa shape index (κ1) is 13.8. The highest BCUT2D eigenvalue weighted by Gasteiger charge is 2.15. The first-order valence-corrected chi connectivity index (χ1v) is 6.95. The van der Waals surface area contributed by atoms with E-state index in [1.807, 2.05) is 60.0 Å². The zero-order valence-electron chi connectivity index (χ0n) is 11.5. The fourth-order valence-electron chi connectivity index (χ4n) is 2.19. The summed E-state index contributed by atoms with van der Waals surface area (Å²) in [6.45, 7) is 1.77. The molecule has 0 aliphatic rings. The van der Waals surface area contributed by atoms with Crippen LogP contribution in [0, 0.1) is 6.92 Å². The van der Waals surface area contributed by atoms with Crippen molar-refractivity contribution in [2.45, 2.75) is 13.5 Å². The molecule has 1 aromatic heterocycles. The molecule has 0 atom stereocenters. The van der Waals surface area contributed by atoms with Crippen LogP contribution < -0.4 is 0 Å². The van der Waals surface area contributed by atoms with Crippen LogP contribution in [0.2, 0.25) is 5.02 Å². The molecule has 2 aromatic carbocycles. The highest BCUT2D eigenvalue weighted by molar-refractivity contribution is 6.31. The number of benzene rings is 2. The number of aryl methyl sites for hydroxylation is 1. The molecule has 21 heavy (non-hydrogen) atoms. The Bertz CT molecular complexity index is 768. The molecule has 0 spiro atoms. The molecule has 0 radical (unpaired) electrons. The minimum Gasteiger partial charge on any atom is -0.388 e. The second-order valence-corrected chi connectivity index (χ2v) is 5.14. The summed E-state index contributed by atoms with van der Waals surface area (Å²) in [7, 11) is 0. The maximum Gasteiger partial charge on any atom is 0.168 e. The molecule has 0 saturated heterocycles. The zero-order chi connectivity index (χ0) is 14.8. The second-order valence-electron chi connectivity index (χ2n) is 4.73. The lowest BCUT2D eigenvalue weighted by molar-refractivity contribution is 0.269. The molecule has 0 unspecified atom stereocenters. The molecule has 3 rings (SSSR count). The van der Waals surface area contributed by atoms with Crippen molar-refractivity contribution in [1.29, 1.82) is 0 Å². The van der Waals surface area contributed by atoms with E-state index < -0.39 is 0 Å². The first-order chi connectivity index (χ1) is 10.2. The molecule has 4 nitrogen and oxygen atoms in total. The summed E-state index contributed by atoms with van der Waals surface area (Å²) in [6, 6.07) is 15.5. The fourth-order valence-corrected chi connectivity index (χ4v) is 2.37. The van der Waals surface area contributed by atoms with Crippen molar-refractivity contribution in [3.8, 4) is 17.1 Å². The van der Waals surface area contributed by atoms with Gasteiger partial charge in [-0.3, -0.25) is 4.57 Å². The molecule has 5 heteroatoms. The molecule has 0 aliphatic carbocycles. The zero-order valence-corrected chi connectivity index (χ0v) is 12.2. The maximum atomic E-state index is 9.49. The Kier molecular flexibility index (Phi) is 3.73. The Hall–Kier alpha value is -2.17. The molecular formula is C16H14ClN3O. The molecule has 0 aliphatic heterocycles. The summed E-state index contributed by atoms with van der Waals surface area (Å²) < 4.78 is 1.83. The number of hydrogen-bond donors (Lipinski definition) is 1. The number of halogens is 1. The quantitative estimate of drug-likeness (QED) is 0.806. The second kappa shape index (κ2) is 5.68. The predicted molar refractivity (Wildman–Crippen MR) is 82.5 cm³/mol. The van der Waals surface area contributed by atoms with E-state index in [1.54, 1.807) is 0 Å². The number of hydrogen-bond acceptors (Lipinski definition) is 3. The average molecular weight is 300 g/mol. The summed E-state index contributed by atoms with van der Waals surface area (Å²) in [5, 5.41) is 18.4. The van der Waals surface area contributed by atoms with Gasteiger partial charge in [0.15, 0.2) is 11.6 Å². The van der Waals surface area contributed by atoms with Crippen LogP contribution >= 0.6 is 11.6 Å². The summed E-state index contributed by atoms with van der Waals surface area (Å²) in [6.07, 6.45) is 0. The van der Waals surface area contributed by atoms with Crippen molar-refractivity contribution in [2.24, 2.45) is 0 Å². The number of aliphatic hydroxyl groups is 1. The normalized spacial score (nSPS) is 10.8. The van der Waals surface area contributed by atoms with Gasteiger partial charge in [0.05, 0.1) is 0 Å². The Morgan fingerprint density at radius 2 is 1.86 bits per heavy atom. The van der Waals surface area contributed by atoms with Gasteiger partial charge in [-0.15, -0.1) is 10.2 Å². The van der Waals surface area contributed by atoms with E-state index in [-0.39, 0.29) is 6.61 Å². The summed E-state index contributed by atoms with van der Waals surface area (Å²) in [5.74, 6) is 1.15. The van der Waals surface area contributed by atoms with E-state index in [4.69, 9.17) is 11.6 Å². The lowest BCUT2D eigenvalue weighted by atomic mass is 10.1. The Morgan fingerprint density at radius 3 is 2.52 bits per heavy atom. The molecule has 0 saturated carbocycles. The highest BCUT2D eigenvalue weighted by atomic mass is 35.5. The van der Waals surface area contributed by atoms with E-state index in [0.717, 1.165) is 16.8 Å². The van der Waals surface area contributed by atoms with Gasteiger partial charge in [-0.1, -0.05) is 41.9 Å². The molecule has 3 aromatic rings. The topological polar surface area (TPSA) is 50.9 Å². The predicted octanol–water partition coefficient (Wildman–Crippen LogP) is 3.39. The molecule has 0 fully saturated rings. The number of aromatic nitrogens is 3. The monoisotopic (exact) mass is 299 g/mol. The van der Waals surface area contributed by atoms with Gasteiger partial charge < -0.3 is 5.11 Å². The van der Waals surface area contributed by atoms with Crippen molar-refractivity contribution in [1.82, 2.24) is 14.8 Å². The van der Waals surface area contributed by atoms with Crippen molar-refractivity contribution in [3.63, 3.8) is 0 Å². The van der Waals surface area contributed by atoms with Crippen LogP contribution in [0.4, 0.5) is 0 Å². The molecule has 1 heterocycles. The summed E-state index contributed by atoms with van der Waals surface area (Å²) in [4.78, 5) is 0. The van der Waals surface area contributed by atoms with Crippen LogP contribution in [0.1, 0.15) is 11.4 Å². The molecule has 106 valence electrons. The van der Waals surface area contributed by atoms with Crippen LogP contribution in [0.5, 0.6) is 0 Å². The van der Waals surface area contributed by atoms with E-state index in [2.05, 4.69) is 10.2 Å². The van der Waals surface area contributed by atoms with E-state index in [1.165, 1.54) is 0 Å². The first-order valence-electron chi connectivity index (χ1n) is 6.58. The van der Waals surface area contributed by atoms with Gasteiger partial charge in [-0.25, -0.2) is 0 Å². The largest absolute Gasteiger partial charge is 0.388 e. The molecule has 0 amide bonds. The van der Waals surface area contributed by atoms with Gasteiger partial charge in [0.1, 0.15) is 6.61 Å². The summed E-state index contributed by atoms with van der Waals surface area (Å²) in [5.41, 5.74) is 2.77. The average Bonchev–Trinajstić information content (AvgIpc) is 2.95. The number of para-hydroxylation sites is 1. The van der Waals surface area contributed by atoms with Gasteiger partial charge >= 0.3 is 0 Å². The van der Waals surface area contributed by atoms with Gasteiger partial charge in [-0.05, 0) is 30.7 Å². The molecular weight excluding hydrogens is 286 g/mol. The highest BCUT2D eigenvalue weighted by Crippen LogP contribution is 2.26.